The van der Waals surface area contributed by atoms with Gasteiger partial charge in [0.25, 0.3) is 5.91 Å². The van der Waals surface area contributed by atoms with E-state index in [1.807, 2.05) is 30.3 Å². The van der Waals surface area contributed by atoms with Crippen LogP contribution >= 0.6 is 0 Å². The standard InChI is InChI=1S/C25H27N7O3/c1-32(2)25(35)29-23-13-16(9-11-26-23)15-27-20-6-4-3-5-19(20)24(34)28-17-7-8-18-21(10-12-33)30-31-22(18)14-17/h3-9,11,13-14,27,33H,10,12,15H2,1-2H3,(H,28,34)(H,30,31)(H,26,29,35). The molecule has 10 nitrogen and oxygen atoms in total. The van der Waals surface area contributed by atoms with Gasteiger partial charge in [0.1, 0.15) is 5.82 Å². The Kier molecular flexibility index (Phi) is 7.22. The molecule has 0 aliphatic rings. The van der Waals surface area contributed by atoms with E-state index in [1.165, 1.54) is 4.90 Å². The maximum atomic E-state index is 13.1. The number of aliphatic hydroxyl groups excluding tert-OH is 1. The zero-order valence-electron chi connectivity index (χ0n) is 19.5. The zero-order chi connectivity index (χ0) is 24.8. The van der Waals surface area contributed by atoms with Crippen LogP contribution in [0.4, 0.5) is 22.0 Å². The van der Waals surface area contributed by atoms with Crippen molar-refractivity contribution in [2.45, 2.75) is 13.0 Å². The lowest BCUT2D eigenvalue weighted by Gasteiger charge is -2.14. The van der Waals surface area contributed by atoms with Crippen molar-refractivity contribution in [3.63, 3.8) is 0 Å². The van der Waals surface area contributed by atoms with Gasteiger partial charge in [0, 0.05) is 62.3 Å². The highest BCUT2D eigenvalue weighted by Gasteiger charge is 2.13. The van der Waals surface area contributed by atoms with Gasteiger partial charge in [-0.1, -0.05) is 12.1 Å². The summed E-state index contributed by atoms with van der Waals surface area (Å²) in [6, 6.07) is 16.1. The number of aromatic nitrogens is 3. The quantitative estimate of drug-likeness (QED) is 0.266. The van der Waals surface area contributed by atoms with Gasteiger partial charge >= 0.3 is 6.03 Å². The number of para-hydroxylation sites is 1. The van der Waals surface area contributed by atoms with Gasteiger partial charge in [-0.3, -0.25) is 15.2 Å². The van der Waals surface area contributed by atoms with Crippen molar-refractivity contribution in [2.75, 3.05) is 36.7 Å². The lowest BCUT2D eigenvalue weighted by molar-refractivity contribution is 0.102. The Morgan fingerprint density at radius 3 is 2.69 bits per heavy atom. The predicted octanol–water partition coefficient (Wildman–Crippen LogP) is 3.45. The van der Waals surface area contributed by atoms with Crippen LogP contribution in [0.15, 0.2) is 60.8 Å². The average molecular weight is 474 g/mol. The number of rotatable bonds is 8. The second kappa shape index (κ2) is 10.7. The second-order valence-electron chi connectivity index (χ2n) is 8.13. The fourth-order valence-corrected chi connectivity index (χ4v) is 3.55. The van der Waals surface area contributed by atoms with Gasteiger partial charge in [-0.2, -0.15) is 5.10 Å². The Balaban J connectivity index is 1.45. The van der Waals surface area contributed by atoms with E-state index < -0.39 is 0 Å². The summed E-state index contributed by atoms with van der Waals surface area (Å²) < 4.78 is 0. The number of carbonyl (C=O) groups excluding carboxylic acids is 2. The second-order valence-corrected chi connectivity index (χ2v) is 8.13. The number of fused-ring (bicyclic) bond motifs is 1. The van der Waals surface area contributed by atoms with Crippen LogP contribution in [0.3, 0.4) is 0 Å². The molecule has 0 radical (unpaired) electrons. The van der Waals surface area contributed by atoms with E-state index >= 15 is 0 Å². The number of nitrogens with one attached hydrogen (secondary N) is 4. The third-order valence-electron chi connectivity index (χ3n) is 5.37. The van der Waals surface area contributed by atoms with Crippen LogP contribution < -0.4 is 16.0 Å². The molecule has 0 saturated carbocycles. The summed E-state index contributed by atoms with van der Waals surface area (Å²) in [4.78, 5) is 30.5. The molecule has 0 spiro atoms. The molecular formula is C25H27N7O3. The number of carbonyl (C=O) groups is 2. The smallest absolute Gasteiger partial charge is 0.322 e. The Hall–Kier alpha value is -4.44. The first-order valence-corrected chi connectivity index (χ1v) is 11.1. The number of anilines is 3. The molecule has 3 amide bonds. The number of hydrogen-bond acceptors (Lipinski definition) is 6. The first-order valence-electron chi connectivity index (χ1n) is 11.1. The van der Waals surface area contributed by atoms with Gasteiger partial charge < -0.3 is 20.6 Å². The molecule has 35 heavy (non-hydrogen) atoms. The van der Waals surface area contributed by atoms with Crippen LogP contribution in [-0.4, -0.2) is 57.8 Å². The fourth-order valence-electron chi connectivity index (χ4n) is 3.55. The highest BCUT2D eigenvalue weighted by Crippen LogP contribution is 2.23. The van der Waals surface area contributed by atoms with Crippen LogP contribution in [0.2, 0.25) is 0 Å². The Morgan fingerprint density at radius 1 is 1.06 bits per heavy atom. The summed E-state index contributed by atoms with van der Waals surface area (Å²) in [5, 5.41) is 26.2. The lowest BCUT2D eigenvalue weighted by Crippen LogP contribution is -2.27. The van der Waals surface area contributed by atoms with Crippen LogP contribution in [-0.2, 0) is 13.0 Å². The number of pyridine rings is 1. The summed E-state index contributed by atoms with van der Waals surface area (Å²) in [6.45, 7) is 0.468. The largest absolute Gasteiger partial charge is 0.396 e. The van der Waals surface area contributed by atoms with Gasteiger partial charge in [0.05, 0.1) is 11.1 Å². The van der Waals surface area contributed by atoms with Crippen LogP contribution in [0.25, 0.3) is 10.9 Å². The topological polar surface area (TPSA) is 135 Å². The van der Waals surface area contributed by atoms with Gasteiger partial charge in [-0.25, -0.2) is 9.78 Å². The number of benzene rings is 2. The highest BCUT2D eigenvalue weighted by atomic mass is 16.3. The lowest BCUT2D eigenvalue weighted by atomic mass is 10.1. The summed E-state index contributed by atoms with van der Waals surface area (Å²) in [6.07, 6.45) is 2.11. The minimum absolute atomic E-state index is 0.0328. The molecular weight excluding hydrogens is 446 g/mol. The monoisotopic (exact) mass is 473 g/mol. The molecule has 0 bridgehead atoms. The Morgan fingerprint density at radius 2 is 1.89 bits per heavy atom. The van der Waals surface area contributed by atoms with Crippen molar-refractivity contribution in [2.24, 2.45) is 0 Å². The van der Waals surface area contributed by atoms with Crippen molar-refractivity contribution in [1.82, 2.24) is 20.1 Å². The molecule has 2 heterocycles. The molecule has 0 atom stereocenters. The number of nitrogens with zero attached hydrogens (tertiary/aromatic N) is 3. The number of aliphatic hydroxyl groups is 1. The molecule has 4 rings (SSSR count). The normalized spacial score (nSPS) is 10.7. The molecule has 0 aliphatic carbocycles. The Bertz CT molecular complexity index is 1350. The SMILES string of the molecule is CN(C)C(=O)Nc1cc(CNc2ccccc2C(=O)Nc2ccc3c(CCO)[nH]nc3c2)ccn1. The fraction of sp³-hybridized carbons (Fsp3) is 0.200. The van der Waals surface area contributed by atoms with Crippen molar-refractivity contribution in [1.29, 1.82) is 0 Å². The molecule has 2 aromatic heterocycles. The first kappa shape index (κ1) is 23.7. The van der Waals surface area contributed by atoms with Gasteiger partial charge in [-0.15, -0.1) is 0 Å². The molecule has 0 unspecified atom stereocenters. The molecule has 180 valence electrons. The van der Waals surface area contributed by atoms with Crippen LogP contribution in [0.1, 0.15) is 21.6 Å². The van der Waals surface area contributed by atoms with Gasteiger partial charge in [0.2, 0.25) is 0 Å². The molecule has 10 heteroatoms. The predicted molar refractivity (Wildman–Crippen MR) is 136 cm³/mol. The van der Waals surface area contributed by atoms with Gasteiger partial charge in [0.15, 0.2) is 0 Å². The third-order valence-corrected chi connectivity index (χ3v) is 5.37. The summed E-state index contributed by atoms with van der Waals surface area (Å²) in [5.74, 6) is 0.192. The molecule has 4 aromatic rings. The molecule has 2 aromatic carbocycles. The van der Waals surface area contributed by atoms with E-state index in [0.717, 1.165) is 16.6 Å². The number of hydrogen-bond donors (Lipinski definition) is 5. The summed E-state index contributed by atoms with van der Waals surface area (Å²) in [7, 11) is 3.31. The van der Waals surface area contributed by atoms with Crippen LogP contribution in [0.5, 0.6) is 0 Å². The third kappa shape index (κ3) is 5.74. The summed E-state index contributed by atoms with van der Waals surface area (Å²) in [5.41, 5.74) is 4.25. The minimum atomic E-state index is -0.262. The molecule has 0 saturated heterocycles. The van der Waals surface area contributed by atoms with E-state index in [-0.39, 0.29) is 18.5 Å². The first-order chi connectivity index (χ1) is 16.9. The molecule has 5 N–H and O–H groups in total. The van der Waals surface area contributed by atoms with E-state index in [4.69, 9.17) is 0 Å². The number of H-pyrrole nitrogens is 1. The average Bonchev–Trinajstić information content (AvgIpc) is 3.25. The van der Waals surface area contributed by atoms with Crippen molar-refractivity contribution in [3.05, 3.63) is 77.6 Å². The van der Waals surface area contributed by atoms with Crippen molar-refractivity contribution < 1.29 is 14.7 Å². The zero-order valence-corrected chi connectivity index (χ0v) is 19.5. The van der Waals surface area contributed by atoms with Crippen LogP contribution in [0, 0.1) is 0 Å². The van der Waals surface area contributed by atoms with E-state index in [1.54, 1.807) is 44.6 Å². The molecule has 0 aliphatic heterocycles. The number of aromatic amines is 1. The number of urea groups is 1. The highest BCUT2D eigenvalue weighted by molar-refractivity contribution is 6.08. The minimum Gasteiger partial charge on any atom is -0.396 e. The summed E-state index contributed by atoms with van der Waals surface area (Å²) >= 11 is 0. The molecule has 0 fully saturated rings. The number of amides is 3. The van der Waals surface area contributed by atoms with Crippen molar-refractivity contribution >= 4 is 40.0 Å². The maximum Gasteiger partial charge on any atom is 0.322 e. The van der Waals surface area contributed by atoms with E-state index in [2.05, 4.69) is 31.1 Å². The van der Waals surface area contributed by atoms with E-state index in [0.29, 0.717) is 41.2 Å². The van der Waals surface area contributed by atoms with E-state index in [9.17, 15) is 14.7 Å². The Labute approximate surface area is 202 Å². The van der Waals surface area contributed by atoms with Crippen molar-refractivity contribution in [3.8, 4) is 0 Å². The van der Waals surface area contributed by atoms with Gasteiger partial charge in [-0.05, 0) is 48.0 Å². The maximum absolute atomic E-state index is 13.1.